The van der Waals surface area contributed by atoms with E-state index < -0.39 is 0 Å². The molecule has 0 aromatic carbocycles. The van der Waals surface area contributed by atoms with Crippen molar-refractivity contribution in [2.45, 2.75) is 13.5 Å². The normalized spacial score (nSPS) is 9.56. The van der Waals surface area contributed by atoms with Crippen molar-refractivity contribution in [2.75, 3.05) is 0 Å². The Morgan fingerprint density at radius 3 is 2.89 bits per heavy atom. The van der Waals surface area contributed by atoms with Crippen molar-refractivity contribution < 1.29 is 5.11 Å². The zero-order valence-corrected chi connectivity index (χ0v) is 5.33. The van der Waals surface area contributed by atoms with E-state index in [4.69, 9.17) is 5.11 Å². The molecular weight excluding hydrogens is 114 g/mol. The summed E-state index contributed by atoms with van der Waals surface area (Å²) in [5, 5.41) is 8.68. The van der Waals surface area contributed by atoms with E-state index in [1.54, 1.807) is 12.4 Å². The summed E-state index contributed by atoms with van der Waals surface area (Å²) in [6.45, 7) is 2.03. The van der Waals surface area contributed by atoms with Gasteiger partial charge in [0, 0.05) is 12.4 Å². The van der Waals surface area contributed by atoms with E-state index in [2.05, 4.69) is 4.98 Å². The van der Waals surface area contributed by atoms with Crippen LogP contribution in [0.1, 0.15) is 11.1 Å². The molecule has 0 aliphatic heterocycles. The molecule has 1 rings (SSSR count). The summed E-state index contributed by atoms with van der Waals surface area (Å²) in [4.78, 5) is 3.86. The molecule has 0 atom stereocenters. The van der Waals surface area contributed by atoms with E-state index in [9.17, 15) is 0 Å². The van der Waals surface area contributed by atoms with Crippen molar-refractivity contribution in [2.24, 2.45) is 0 Å². The molecular formula is C7H9NO. The summed E-state index contributed by atoms with van der Waals surface area (Å²) < 4.78 is 0. The van der Waals surface area contributed by atoms with Crippen molar-refractivity contribution in [3.63, 3.8) is 0 Å². The minimum atomic E-state index is 0.0830. The van der Waals surface area contributed by atoms with E-state index in [-0.39, 0.29) is 6.61 Å². The van der Waals surface area contributed by atoms with Gasteiger partial charge in [-0.05, 0) is 24.1 Å². The van der Waals surface area contributed by atoms with Crippen molar-refractivity contribution in [1.29, 1.82) is 0 Å². The van der Waals surface area contributed by atoms with Gasteiger partial charge in [0.1, 0.15) is 0 Å². The zero-order valence-electron chi connectivity index (χ0n) is 5.33. The first-order valence-corrected chi connectivity index (χ1v) is 2.85. The van der Waals surface area contributed by atoms with Gasteiger partial charge in [-0.1, -0.05) is 0 Å². The molecule has 2 heteroatoms. The largest absolute Gasteiger partial charge is 0.392 e. The number of hydrogen-bond acceptors (Lipinski definition) is 2. The summed E-state index contributed by atoms with van der Waals surface area (Å²) in [5.74, 6) is 0. The lowest BCUT2D eigenvalue weighted by molar-refractivity contribution is 0.280. The van der Waals surface area contributed by atoms with Gasteiger partial charge in [-0.2, -0.15) is 0 Å². The molecule has 0 bridgehead atoms. The van der Waals surface area contributed by atoms with Crippen LogP contribution in [-0.2, 0) is 6.61 Å². The molecule has 48 valence electrons. The quantitative estimate of drug-likeness (QED) is 0.601. The van der Waals surface area contributed by atoms with Crippen molar-refractivity contribution in [1.82, 2.24) is 4.98 Å². The Morgan fingerprint density at radius 2 is 2.44 bits per heavy atom. The second-order valence-corrected chi connectivity index (χ2v) is 1.96. The molecule has 0 unspecified atom stereocenters. The van der Waals surface area contributed by atoms with Gasteiger partial charge in [-0.25, -0.2) is 0 Å². The lowest BCUT2D eigenvalue weighted by Gasteiger charge is -1.97. The predicted molar refractivity (Wildman–Crippen MR) is 34.9 cm³/mol. The zero-order chi connectivity index (χ0) is 6.69. The molecule has 0 fully saturated rings. The maximum Gasteiger partial charge on any atom is 0.0699 e. The second kappa shape index (κ2) is 2.60. The number of nitrogens with zero attached hydrogens (tertiary/aromatic N) is 1. The fourth-order valence-electron chi connectivity index (χ4n) is 0.662. The summed E-state index contributed by atoms with van der Waals surface area (Å²) in [6, 6.07) is 1.88. The van der Waals surface area contributed by atoms with E-state index in [0.717, 1.165) is 11.1 Å². The average molecular weight is 123 g/mol. The number of pyridine rings is 1. The number of aromatic nitrogens is 1. The summed E-state index contributed by atoms with van der Waals surface area (Å²) >= 11 is 0. The van der Waals surface area contributed by atoms with E-state index >= 15 is 0 Å². The first-order chi connectivity index (χ1) is 4.34. The predicted octanol–water partition coefficient (Wildman–Crippen LogP) is 0.882. The lowest BCUT2D eigenvalue weighted by Crippen LogP contribution is -1.87. The lowest BCUT2D eigenvalue weighted by atomic mass is 10.2. The molecule has 0 aliphatic rings. The van der Waals surface area contributed by atoms with E-state index in [0.29, 0.717) is 0 Å². The molecule has 1 aromatic rings. The Kier molecular flexibility index (Phi) is 1.80. The fourth-order valence-corrected chi connectivity index (χ4v) is 0.662. The van der Waals surface area contributed by atoms with Crippen LogP contribution in [0.25, 0.3) is 0 Å². The number of aryl methyl sites for hydroxylation is 1. The molecule has 1 N–H and O–H groups in total. The van der Waals surface area contributed by atoms with Crippen LogP contribution in [0, 0.1) is 6.92 Å². The van der Waals surface area contributed by atoms with Crippen LogP contribution in [0.2, 0.25) is 0 Å². The first-order valence-electron chi connectivity index (χ1n) is 2.85. The highest BCUT2D eigenvalue weighted by Crippen LogP contribution is 2.02. The highest BCUT2D eigenvalue weighted by molar-refractivity contribution is 5.19. The molecule has 1 heterocycles. The minimum Gasteiger partial charge on any atom is -0.392 e. The van der Waals surface area contributed by atoms with Gasteiger partial charge in [-0.3, -0.25) is 4.98 Å². The molecule has 0 amide bonds. The van der Waals surface area contributed by atoms with Gasteiger partial charge >= 0.3 is 0 Å². The Labute approximate surface area is 54.2 Å². The summed E-state index contributed by atoms with van der Waals surface area (Å²) in [5.41, 5.74) is 1.99. The number of rotatable bonds is 1. The Morgan fingerprint density at radius 1 is 1.67 bits per heavy atom. The number of hydrogen-bond donors (Lipinski definition) is 1. The molecule has 0 saturated carbocycles. The third-order valence-electron chi connectivity index (χ3n) is 1.32. The van der Waals surface area contributed by atoms with Crippen LogP contribution >= 0.6 is 0 Å². The van der Waals surface area contributed by atoms with Crippen molar-refractivity contribution in [3.8, 4) is 0 Å². The molecule has 2 nitrogen and oxygen atoms in total. The van der Waals surface area contributed by atoms with Crippen LogP contribution < -0.4 is 0 Å². The SMILES string of the molecule is Cc1ccncc1CO. The molecule has 0 aliphatic carbocycles. The average Bonchev–Trinajstić information content (AvgIpc) is 1.89. The van der Waals surface area contributed by atoms with Gasteiger partial charge in [0.2, 0.25) is 0 Å². The maximum absolute atomic E-state index is 8.68. The van der Waals surface area contributed by atoms with Gasteiger partial charge in [-0.15, -0.1) is 0 Å². The van der Waals surface area contributed by atoms with Gasteiger partial charge in [0.05, 0.1) is 6.61 Å². The Hall–Kier alpha value is -0.890. The van der Waals surface area contributed by atoms with Gasteiger partial charge in [0.15, 0.2) is 0 Å². The second-order valence-electron chi connectivity index (χ2n) is 1.96. The van der Waals surface area contributed by atoms with Crippen LogP contribution in [-0.4, -0.2) is 10.1 Å². The fraction of sp³-hybridized carbons (Fsp3) is 0.286. The Balaban J connectivity index is 3.01. The minimum absolute atomic E-state index is 0.0830. The topological polar surface area (TPSA) is 33.1 Å². The van der Waals surface area contributed by atoms with Crippen LogP contribution in [0.15, 0.2) is 18.5 Å². The van der Waals surface area contributed by atoms with Crippen LogP contribution in [0.4, 0.5) is 0 Å². The highest BCUT2D eigenvalue weighted by atomic mass is 16.3. The molecule has 9 heavy (non-hydrogen) atoms. The van der Waals surface area contributed by atoms with Crippen molar-refractivity contribution >= 4 is 0 Å². The maximum atomic E-state index is 8.68. The smallest absolute Gasteiger partial charge is 0.0699 e. The van der Waals surface area contributed by atoms with Crippen molar-refractivity contribution in [3.05, 3.63) is 29.6 Å². The summed E-state index contributed by atoms with van der Waals surface area (Å²) in [7, 11) is 0. The summed E-state index contributed by atoms with van der Waals surface area (Å²) in [6.07, 6.45) is 3.39. The third kappa shape index (κ3) is 1.27. The molecule has 1 aromatic heterocycles. The monoisotopic (exact) mass is 123 g/mol. The van der Waals surface area contributed by atoms with E-state index in [1.165, 1.54) is 0 Å². The van der Waals surface area contributed by atoms with E-state index in [1.807, 2.05) is 13.0 Å². The van der Waals surface area contributed by atoms with Crippen LogP contribution in [0.5, 0.6) is 0 Å². The molecule has 0 radical (unpaired) electrons. The first kappa shape index (κ1) is 6.23. The molecule has 0 saturated heterocycles. The third-order valence-corrected chi connectivity index (χ3v) is 1.32. The van der Waals surface area contributed by atoms with Crippen LogP contribution in [0.3, 0.4) is 0 Å². The number of aliphatic hydroxyl groups excluding tert-OH is 1. The highest BCUT2D eigenvalue weighted by Gasteiger charge is 1.91. The Bertz CT molecular complexity index is 198. The van der Waals surface area contributed by atoms with Gasteiger partial charge in [0.25, 0.3) is 0 Å². The van der Waals surface area contributed by atoms with Gasteiger partial charge < -0.3 is 5.11 Å². The standard InChI is InChI=1S/C7H9NO/c1-6-2-3-8-4-7(6)5-9/h2-4,9H,5H2,1H3. The molecule has 0 spiro atoms. The number of aliphatic hydroxyl groups is 1.